The molecule has 20 heavy (non-hydrogen) atoms. The molecule has 0 radical (unpaired) electrons. The number of unbranched alkanes of at least 4 members (excludes halogenated alkanes) is 1. The van der Waals surface area contributed by atoms with Gasteiger partial charge in [-0.2, -0.15) is 0 Å². The summed E-state index contributed by atoms with van der Waals surface area (Å²) in [4.78, 5) is 27.9. The Hall–Kier alpha value is -1.10. The van der Waals surface area contributed by atoms with E-state index in [0.717, 1.165) is 19.4 Å². The van der Waals surface area contributed by atoms with Crippen LogP contribution in [-0.2, 0) is 9.59 Å². The van der Waals surface area contributed by atoms with Crippen molar-refractivity contribution in [2.24, 2.45) is 5.92 Å². The Morgan fingerprint density at radius 3 is 2.45 bits per heavy atom. The molecule has 5 nitrogen and oxygen atoms in total. The number of carbonyl (C=O) groups is 2. The Labute approximate surface area is 122 Å². The van der Waals surface area contributed by atoms with E-state index in [-0.39, 0.29) is 30.3 Å². The summed E-state index contributed by atoms with van der Waals surface area (Å²) < 4.78 is 0. The zero-order valence-corrected chi connectivity index (χ0v) is 13.5. The fourth-order valence-electron chi connectivity index (χ4n) is 2.29. The number of carbonyl (C=O) groups excluding carboxylic acids is 2. The van der Waals surface area contributed by atoms with Crippen LogP contribution in [-0.4, -0.2) is 60.4 Å². The molecule has 1 aliphatic heterocycles. The van der Waals surface area contributed by atoms with E-state index in [2.05, 4.69) is 31.1 Å². The summed E-state index contributed by atoms with van der Waals surface area (Å²) in [6.07, 6.45) is 1.99. The van der Waals surface area contributed by atoms with E-state index in [9.17, 15) is 9.59 Å². The van der Waals surface area contributed by atoms with Gasteiger partial charge in [-0.05, 0) is 46.2 Å². The molecule has 0 aromatic carbocycles. The van der Waals surface area contributed by atoms with E-state index < -0.39 is 0 Å². The molecule has 1 saturated heterocycles. The van der Waals surface area contributed by atoms with Crippen LogP contribution in [0.1, 0.15) is 40.5 Å². The van der Waals surface area contributed by atoms with E-state index in [0.29, 0.717) is 12.6 Å². The minimum Gasteiger partial charge on any atom is -0.343 e. The maximum atomic E-state index is 12.2. The van der Waals surface area contributed by atoms with Crippen molar-refractivity contribution >= 4 is 11.8 Å². The fourth-order valence-corrected chi connectivity index (χ4v) is 2.29. The number of piperazine rings is 1. The molecule has 1 fully saturated rings. The zero-order chi connectivity index (χ0) is 15.3. The molecular weight excluding hydrogens is 254 g/mol. The van der Waals surface area contributed by atoms with Crippen LogP contribution in [0.25, 0.3) is 0 Å². The quantitative estimate of drug-likeness (QED) is 0.712. The van der Waals surface area contributed by atoms with Crippen molar-refractivity contribution < 1.29 is 9.59 Å². The summed E-state index contributed by atoms with van der Waals surface area (Å²) in [5, 5.41) is 2.78. The molecule has 1 atom stereocenters. The van der Waals surface area contributed by atoms with Crippen molar-refractivity contribution in [3.05, 3.63) is 0 Å². The minimum absolute atomic E-state index is 0.0393. The predicted molar refractivity (Wildman–Crippen MR) is 80.3 cm³/mol. The standard InChI is InChI=1S/C15H29N3O2/c1-11(2)14-15(20)18(10-13(19)16-14)9-7-6-8-17(5)12(3)4/h11-12,14H,6-10H2,1-5H3,(H,16,19). The summed E-state index contributed by atoms with van der Waals surface area (Å²) in [7, 11) is 2.11. The lowest BCUT2D eigenvalue weighted by Gasteiger charge is -2.34. The normalized spacial score (nSPS) is 20.2. The summed E-state index contributed by atoms with van der Waals surface area (Å²) in [5.74, 6) is 0.167. The van der Waals surface area contributed by atoms with Crippen molar-refractivity contribution in [3.63, 3.8) is 0 Å². The molecule has 1 unspecified atom stereocenters. The number of hydrogen-bond acceptors (Lipinski definition) is 3. The molecule has 1 heterocycles. The molecule has 2 amide bonds. The molecule has 1 N–H and O–H groups in total. The fraction of sp³-hybridized carbons (Fsp3) is 0.867. The number of amides is 2. The Kier molecular flexibility index (Phi) is 6.46. The maximum absolute atomic E-state index is 12.2. The summed E-state index contributed by atoms with van der Waals surface area (Å²) >= 11 is 0. The molecule has 0 spiro atoms. The van der Waals surface area contributed by atoms with E-state index in [4.69, 9.17) is 0 Å². The molecule has 1 aliphatic rings. The third kappa shape index (κ3) is 4.78. The average molecular weight is 283 g/mol. The second-order valence-corrected chi connectivity index (χ2v) is 6.33. The number of hydrogen-bond donors (Lipinski definition) is 1. The Morgan fingerprint density at radius 1 is 1.25 bits per heavy atom. The van der Waals surface area contributed by atoms with Gasteiger partial charge in [0.05, 0.1) is 6.54 Å². The lowest BCUT2D eigenvalue weighted by Crippen LogP contribution is -2.59. The Balaban J connectivity index is 2.38. The van der Waals surface area contributed by atoms with Gasteiger partial charge in [0.15, 0.2) is 0 Å². The topological polar surface area (TPSA) is 52.7 Å². The first-order chi connectivity index (χ1) is 9.32. The van der Waals surface area contributed by atoms with Gasteiger partial charge in [-0.3, -0.25) is 9.59 Å². The van der Waals surface area contributed by atoms with E-state index in [1.807, 2.05) is 13.8 Å². The summed E-state index contributed by atoms with van der Waals surface area (Å²) in [6, 6.07) is 0.192. The highest BCUT2D eigenvalue weighted by atomic mass is 16.2. The molecule has 0 bridgehead atoms. The third-order valence-corrected chi connectivity index (χ3v) is 3.97. The van der Waals surface area contributed by atoms with Crippen molar-refractivity contribution in [3.8, 4) is 0 Å². The van der Waals surface area contributed by atoms with Gasteiger partial charge in [-0.1, -0.05) is 13.8 Å². The second-order valence-electron chi connectivity index (χ2n) is 6.33. The van der Waals surface area contributed by atoms with E-state index in [1.165, 1.54) is 0 Å². The predicted octanol–water partition coefficient (Wildman–Crippen LogP) is 1.09. The van der Waals surface area contributed by atoms with E-state index in [1.54, 1.807) is 4.90 Å². The van der Waals surface area contributed by atoms with Gasteiger partial charge in [0, 0.05) is 12.6 Å². The van der Waals surface area contributed by atoms with Crippen molar-refractivity contribution in [1.29, 1.82) is 0 Å². The zero-order valence-electron chi connectivity index (χ0n) is 13.5. The van der Waals surface area contributed by atoms with Crippen LogP contribution >= 0.6 is 0 Å². The van der Waals surface area contributed by atoms with Crippen LogP contribution in [0.4, 0.5) is 0 Å². The van der Waals surface area contributed by atoms with Gasteiger partial charge >= 0.3 is 0 Å². The maximum Gasteiger partial charge on any atom is 0.245 e. The third-order valence-electron chi connectivity index (χ3n) is 3.97. The number of nitrogens with one attached hydrogen (secondary N) is 1. The van der Waals surface area contributed by atoms with Crippen molar-refractivity contribution in [2.75, 3.05) is 26.7 Å². The highest BCUT2D eigenvalue weighted by Crippen LogP contribution is 2.11. The lowest BCUT2D eigenvalue weighted by molar-refractivity contribution is -0.145. The second kappa shape index (κ2) is 7.62. The highest BCUT2D eigenvalue weighted by Gasteiger charge is 2.33. The van der Waals surface area contributed by atoms with Gasteiger partial charge < -0.3 is 15.1 Å². The Bertz CT molecular complexity index is 342. The van der Waals surface area contributed by atoms with Gasteiger partial charge in [-0.15, -0.1) is 0 Å². The molecule has 0 aromatic heterocycles. The lowest BCUT2D eigenvalue weighted by atomic mass is 10.0. The average Bonchev–Trinajstić information content (AvgIpc) is 2.37. The minimum atomic E-state index is -0.352. The van der Waals surface area contributed by atoms with Gasteiger partial charge in [0.25, 0.3) is 0 Å². The monoisotopic (exact) mass is 283 g/mol. The molecule has 116 valence electrons. The van der Waals surface area contributed by atoms with Gasteiger partial charge in [0.1, 0.15) is 6.04 Å². The van der Waals surface area contributed by atoms with Crippen LogP contribution in [0.2, 0.25) is 0 Å². The Morgan fingerprint density at radius 2 is 1.90 bits per heavy atom. The summed E-state index contributed by atoms with van der Waals surface area (Å²) in [5.41, 5.74) is 0. The van der Waals surface area contributed by atoms with E-state index >= 15 is 0 Å². The smallest absolute Gasteiger partial charge is 0.245 e. The molecule has 1 rings (SSSR count). The van der Waals surface area contributed by atoms with Crippen LogP contribution < -0.4 is 5.32 Å². The molecule has 0 aromatic rings. The van der Waals surface area contributed by atoms with Crippen LogP contribution in [0.15, 0.2) is 0 Å². The largest absolute Gasteiger partial charge is 0.343 e. The van der Waals surface area contributed by atoms with Crippen LogP contribution in [0, 0.1) is 5.92 Å². The van der Waals surface area contributed by atoms with Crippen molar-refractivity contribution in [1.82, 2.24) is 15.1 Å². The number of nitrogens with zero attached hydrogens (tertiary/aromatic N) is 2. The van der Waals surface area contributed by atoms with Crippen molar-refractivity contribution in [2.45, 2.75) is 52.6 Å². The van der Waals surface area contributed by atoms with Crippen LogP contribution in [0.5, 0.6) is 0 Å². The highest BCUT2D eigenvalue weighted by molar-refractivity contribution is 5.94. The molecule has 0 saturated carbocycles. The van der Waals surface area contributed by atoms with Crippen LogP contribution in [0.3, 0.4) is 0 Å². The first-order valence-electron chi connectivity index (χ1n) is 7.61. The molecule has 5 heteroatoms. The first-order valence-corrected chi connectivity index (χ1v) is 7.61. The number of rotatable bonds is 7. The first kappa shape index (κ1) is 17.0. The summed E-state index contributed by atoms with van der Waals surface area (Å²) in [6.45, 7) is 10.2. The SMILES string of the molecule is CC(C)C1NC(=O)CN(CCCCN(C)C(C)C)C1=O. The van der Waals surface area contributed by atoms with Gasteiger partial charge in [-0.25, -0.2) is 0 Å². The molecular formula is C15H29N3O2. The van der Waals surface area contributed by atoms with Gasteiger partial charge in [0.2, 0.25) is 11.8 Å². The molecule has 0 aliphatic carbocycles.